The van der Waals surface area contributed by atoms with E-state index in [2.05, 4.69) is 61.4 Å². The zero-order chi connectivity index (χ0) is 13.5. The van der Waals surface area contributed by atoms with Gasteiger partial charge in [-0.15, -0.1) is 0 Å². The smallest absolute Gasteiger partial charge is 0.128 e. The summed E-state index contributed by atoms with van der Waals surface area (Å²) < 4.78 is 0. The minimum Gasteiger partial charge on any atom is -0.356 e. The number of nitrogens with one attached hydrogen (secondary N) is 1. The van der Waals surface area contributed by atoms with Crippen molar-refractivity contribution in [2.75, 3.05) is 24.0 Å². The molecule has 1 unspecified atom stereocenters. The Hall–Kier alpha value is -0.740. The first-order chi connectivity index (χ1) is 8.54. The molecule has 0 saturated heterocycles. The van der Waals surface area contributed by atoms with Crippen LogP contribution in [0.3, 0.4) is 0 Å². The Morgan fingerprint density at radius 3 is 2.72 bits per heavy atom. The molecule has 1 heterocycles. The van der Waals surface area contributed by atoms with E-state index in [0.29, 0.717) is 12.1 Å². The Balaban J connectivity index is 2.68. The van der Waals surface area contributed by atoms with E-state index in [1.165, 1.54) is 5.56 Å². The molecule has 0 saturated carbocycles. The van der Waals surface area contributed by atoms with E-state index in [4.69, 9.17) is 0 Å². The number of anilines is 1. The monoisotopic (exact) mass is 267 g/mol. The lowest BCUT2D eigenvalue weighted by atomic mass is 10.2. The van der Waals surface area contributed by atoms with Gasteiger partial charge in [-0.3, -0.25) is 0 Å². The molecule has 0 aromatic carbocycles. The van der Waals surface area contributed by atoms with Crippen molar-refractivity contribution in [3.63, 3.8) is 0 Å². The van der Waals surface area contributed by atoms with Gasteiger partial charge in [0.15, 0.2) is 0 Å². The highest BCUT2D eigenvalue weighted by atomic mass is 32.2. The van der Waals surface area contributed by atoms with E-state index in [9.17, 15) is 0 Å². The largest absolute Gasteiger partial charge is 0.356 e. The molecule has 1 aromatic rings. The van der Waals surface area contributed by atoms with Crippen LogP contribution in [0.2, 0.25) is 0 Å². The van der Waals surface area contributed by atoms with Crippen LogP contribution in [0.15, 0.2) is 18.3 Å². The molecule has 1 aromatic heterocycles. The van der Waals surface area contributed by atoms with E-state index >= 15 is 0 Å². The molecule has 0 aliphatic heterocycles. The SMILES string of the molecule is CSCC(C)N(C)c1cc(CNC(C)C)ccn1. The summed E-state index contributed by atoms with van der Waals surface area (Å²) in [5, 5.41) is 3.43. The number of hydrogen-bond acceptors (Lipinski definition) is 4. The molecule has 0 fully saturated rings. The van der Waals surface area contributed by atoms with Gasteiger partial charge in [0, 0.05) is 37.6 Å². The predicted octanol–water partition coefficient (Wildman–Crippen LogP) is 2.77. The summed E-state index contributed by atoms with van der Waals surface area (Å²) in [5.74, 6) is 2.17. The molecular weight excluding hydrogens is 242 g/mol. The van der Waals surface area contributed by atoms with Gasteiger partial charge in [0.2, 0.25) is 0 Å². The van der Waals surface area contributed by atoms with Crippen molar-refractivity contribution >= 4 is 17.6 Å². The minimum absolute atomic E-state index is 0.501. The zero-order valence-electron chi connectivity index (χ0n) is 12.1. The fourth-order valence-corrected chi connectivity index (χ4v) is 2.37. The Morgan fingerprint density at radius 1 is 1.39 bits per heavy atom. The van der Waals surface area contributed by atoms with Crippen molar-refractivity contribution in [3.8, 4) is 0 Å². The summed E-state index contributed by atoms with van der Waals surface area (Å²) in [6.45, 7) is 7.46. The molecule has 1 atom stereocenters. The number of nitrogens with zero attached hydrogens (tertiary/aromatic N) is 2. The molecule has 0 spiro atoms. The van der Waals surface area contributed by atoms with Crippen LogP contribution in [0.5, 0.6) is 0 Å². The van der Waals surface area contributed by atoms with Crippen LogP contribution in [0.4, 0.5) is 5.82 Å². The molecular formula is C14H25N3S. The second-order valence-electron chi connectivity index (χ2n) is 4.97. The third-order valence-corrected chi connectivity index (χ3v) is 3.77. The molecule has 1 N–H and O–H groups in total. The average Bonchev–Trinajstić information content (AvgIpc) is 2.36. The van der Waals surface area contributed by atoms with Gasteiger partial charge in [0.25, 0.3) is 0 Å². The lowest BCUT2D eigenvalue weighted by Gasteiger charge is -2.25. The average molecular weight is 267 g/mol. The van der Waals surface area contributed by atoms with Crippen LogP contribution < -0.4 is 10.2 Å². The van der Waals surface area contributed by atoms with E-state index < -0.39 is 0 Å². The molecule has 18 heavy (non-hydrogen) atoms. The lowest BCUT2D eigenvalue weighted by Crippen LogP contribution is -2.31. The quantitative estimate of drug-likeness (QED) is 0.822. The number of hydrogen-bond donors (Lipinski definition) is 1. The maximum atomic E-state index is 4.46. The second-order valence-corrected chi connectivity index (χ2v) is 5.88. The Kier molecular flexibility index (Phi) is 6.50. The fraction of sp³-hybridized carbons (Fsp3) is 0.643. The molecule has 0 radical (unpaired) electrons. The van der Waals surface area contributed by atoms with Crippen molar-refractivity contribution in [2.24, 2.45) is 0 Å². The molecule has 3 nitrogen and oxygen atoms in total. The molecule has 1 rings (SSSR count). The number of thioether (sulfide) groups is 1. The Bertz CT molecular complexity index is 355. The van der Waals surface area contributed by atoms with E-state index in [1.807, 2.05) is 18.0 Å². The van der Waals surface area contributed by atoms with Crippen LogP contribution in [0, 0.1) is 0 Å². The van der Waals surface area contributed by atoms with Crippen molar-refractivity contribution < 1.29 is 0 Å². The first-order valence-electron chi connectivity index (χ1n) is 6.44. The van der Waals surface area contributed by atoms with Crippen molar-refractivity contribution in [3.05, 3.63) is 23.9 Å². The molecule has 102 valence electrons. The van der Waals surface area contributed by atoms with E-state index in [-0.39, 0.29) is 0 Å². The van der Waals surface area contributed by atoms with Crippen LogP contribution in [0.25, 0.3) is 0 Å². The summed E-state index contributed by atoms with van der Waals surface area (Å²) in [6, 6.07) is 5.26. The summed E-state index contributed by atoms with van der Waals surface area (Å²) in [7, 11) is 2.11. The summed E-state index contributed by atoms with van der Waals surface area (Å²) in [6.07, 6.45) is 4.04. The van der Waals surface area contributed by atoms with Crippen LogP contribution in [-0.4, -0.2) is 36.1 Å². The number of rotatable bonds is 7. The van der Waals surface area contributed by atoms with Gasteiger partial charge in [0.05, 0.1) is 0 Å². The number of pyridine rings is 1. The second kappa shape index (κ2) is 7.64. The third-order valence-electron chi connectivity index (χ3n) is 2.95. The van der Waals surface area contributed by atoms with Crippen molar-refractivity contribution in [1.82, 2.24) is 10.3 Å². The maximum Gasteiger partial charge on any atom is 0.128 e. The first kappa shape index (κ1) is 15.3. The van der Waals surface area contributed by atoms with Gasteiger partial charge in [0.1, 0.15) is 5.82 Å². The zero-order valence-corrected chi connectivity index (χ0v) is 12.9. The van der Waals surface area contributed by atoms with Crippen LogP contribution >= 0.6 is 11.8 Å². The van der Waals surface area contributed by atoms with Gasteiger partial charge in [-0.2, -0.15) is 11.8 Å². The minimum atomic E-state index is 0.501. The molecule has 0 aliphatic rings. The number of aromatic nitrogens is 1. The standard InChI is InChI=1S/C14H25N3S/c1-11(2)16-9-13-6-7-15-14(8-13)17(4)12(3)10-18-5/h6-8,11-12,16H,9-10H2,1-5H3. The van der Waals surface area contributed by atoms with Gasteiger partial charge in [-0.05, 0) is 30.9 Å². The normalized spacial score (nSPS) is 12.8. The maximum absolute atomic E-state index is 4.46. The van der Waals surface area contributed by atoms with E-state index in [1.54, 1.807) is 0 Å². The molecule has 0 bridgehead atoms. The van der Waals surface area contributed by atoms with Crippen molar-refractivity contribution in [2.45, 2.75) is 39.4 Å². The molecule has 0 aliphatic carbocycles. The van der Waals surface area contributed by atoms with Gasteiger partial charge in [-0.1, -0.05) is 13.8 Å². The summed E-state index contributed by atoms with van der Waals surface area (Å²) >= 11 is 1.87. The van der Waals surface area contributed by atoms with Crippen molar-refractivity contribution in [1.29, 1.82) is 0 Å². The fourth-order valence-electron chi connectivity index (χ4n) is 1.66. The van der Waals surface area contributed by atoms with Gasteiger partial charge >= 0.3 is 0 Å². The highest BCUT2D eigenvalue weighted by Crippen LogP contribution is 2.15. The molecule has 0 amide bonds. The van der Waals surface area contributed by atoms with Gasteiger partial charge < -0.3 is 10.2 Å². The Labute approximate surface area is 115 Å². The first-order valence-corrected chi connectivity index (χ1v) is 7.84. The highest BCUT2D eigenvalue weighted by molar-refractivity contribution is 7.98. The predicted molar refractivity (Wildman–Crippen MR) is 82.5 cm³/mol. The summed E-state index contributed by atoms with van der Waals surface area (Å²) in [4.78, 5) is 6.70. The third kappa shape index (κ3) is 4.86. The molecule has 4 heteroatoms. The van der Waals surface area contributed by atoms with Crippen LogP contribution in [0.1, 0.15) is 26.3 Å². The highest BCUT2D eigenvalue weighted by Gasteiger charge is 2.10. The topological polar surface area (TPSA) is 28.2 Å². The van der Waals surface area contributed by atoms with Crippen LogP contribution in [-0.2, 0) is 6.54 Å². The van der Waals surface area contributed by atoms with Gasteiger partial charge in [-0.25, -0.2) is 4.98 Å². The van der Waals surface area contributed by atoms with E-state index in [0.717, 1.165) is 18.1 Å². The Morgan fingerprint density at radius 2 is 2.11 bits per heavy atom. The summed E-state index contributed by atoms with van der Waals surface area (Å²) in [5.41, 5.74) is 1.29. The lowest BCUT2D eigenvalue weighted by molar-refractivity contribution is 0.588.